The van der Waals surface area contributed by atoms with E-state index < -0.39 is 0 Å². The highest BCUT2D eigenvalue weighted by Crippen LogP contribution is 2.37. The molecule has 0 saturated heterocycles. The number of hydrogen-bond acceptors (Lipinski definition) is 5. The van der Waals surface area contributed by atoms with Crippen molar-refractivity contribution < 1.29 is 9.53 Å². The Hall–Kier alpha value is -1.85. The van der Waals surface area contributed by atoms with Crippen LogP contribution in [0.2, 0.25) is 0 Å². The third-order valence-electron chi connectivity index (χ3n) is 3.24. The number of aliphatic imine (C=N–C) groups is 1. The molecule has 0 spiro atoms. The fourth-order valence-electron chi connectivity index (χ4n) is 2.25. The molecule has 0 aliphatic rings. The topological polar surface area (TPSA) is 38.7 Å². The van der Waals surface area contributed by atoms with Crippen LogP contribution in [-0.2, 0) is 11.2 Å². The first kappa shape index (κ1) is 17.5. The summed E-state index contributed by atoms with van der Waals surface area (Å²) in [5.41, 5.74) is 2.97. The Morgan fingerprint density at radius 1 is 1.35 bits per heavy atom. The van der Waals surface area contributed by atoms with Crippen LogP contribution >= 0.6 is 23.6 Å². The van der Waals surface area contributed by atoms with Crippen LogP contribution in [0.15, 0.2) is 35.3 Å². The van der Waals surface area contributed by atoms with E-state index in [1.807, 2.05) is 6.07 Å². The molecule has 120 valence electrons. The molecule has 1 heterocycles. The van der Waals surface area contributed by atoms with Crippen LogP contribution in [0.1, 0.15) is 29.1 Å². The molecule has 0 fully saturated rings. The van der Waals surface area contributed by atoms with E-state index in [1.165, 1.54) is 35.6 Å². The minimum atomic E-state index is -0.380. The molecule has 0 saturated carbocycles. The molecule has 0 aliphatic heterocycles. The molecule has 0 atom stereocenters. The Labute approximate surface area is 146 Å². The van der Waals surface area contributed by atoms with Crippen LogP contribution in [0.4, 0.5) is 5.69 Å². The van der Waals surface area contributed by atoms with Crippen LogP contribution < -0.4 is 0 Å². The highest BCUT2D eigenvalue weighted by molar-refractivity contribution is 7.80. The molecule has 3 nitrogen and oxygen atoms in total. The minimum absolute atomic E-state index is 0.380. The Morgan fingerprint density at radius 2 is 2.04 bits per heavy atom. The lowest BCUT2D eigenvalue weighted by Crippen LogP contribution is -1.97. The molecular formula is C18H19NO2S2. The zero-order chi connectivity index (χ0) is 16.8. The van der Waals surface area contributed by atoms with Gasteiger partial charge in [0.15, 0.2) is 0 Å². The van der Waals surface area contributed by atoms with Crippen molar-refractivity contribution in [2.45, 2.75) is 20.3 Å². The van der Waals surface area contributed by atoms with E-state index in [-0.39, 0.29) is 5.97 Å². The Kier molecular flexibility index (Phi) is 6.19. The highest BCUT2D eigenvalue weighted by Gasteiger charge is 2.17. The number of carbonyl (C=O) groups excluding carboxylic acids is 1. The number of esters is 1. The van der Waals surface area contributed by atoms with Gasteiger partial charge in [-0.1, -0.05) is 50.3 Å². The molecule has 0 N–H and O–H groups in total. The summed E-state index contributed by atoms with van der Waals surface area (Å²) in [6.45, 7) is 4.41. The molecule has 2 aromatic rings. The van der Waals surface area contributed by atoms with E-state index in [0.29, 0.717) is 16.5 Å². The molecule has 1 aromatic heterocycles. The fraction of sp³-hybridized carbons (Fsp3) is 0.278. The molecule has 5 heteroatoms. The van der Waals surface area contributed by atoms with Crippen molar-refractivity contribution >= 4 is 46.8 Å². The van der Waals surface area contributed by atoms with Crippen molar-refractivity contribution in [2.24, 2.45) is 10.9 Å². The van der Waals surface area contributed by atoms with Crippen molar-refractivity contribution in [3.8, 4) is 10.4 Å². The molecule has 2 rings (SSSR count). The number of nitrogens with zero attached hydrogens (tertiary/aromatic N) is 1. The van der Waals surface area contributed by atoms with Crippen LogP contribution in [0, 0.1) is 5.92 Å². The van der Waals surface area contributed by atoms with Gasteiger partial charge >= 0.3 is 5.97 Å². The lowest BCUT2D eigenvalue weighted by Gasteiger charge is -2.05. The maximum atomic E-state index is 11.9. The van der Waals surface area contributed by atoms with Crippen LogP contribution in [0.3, 0.4) is 0 Å². The van der Waals surface area contributed by atoms with Crippen molar-refractivity contribution in [3.63, 3.8) is 0 Å². The molecular weight excluding hydrogens is 326 g/mol. The average Bonchev–Trinajstić information content (AvgIpc) is 2.96. The van der Waals surface area contributed by atoms with Crippen molar-refractivity contribution in [2.75, 3.05) is 7.11 Å². The van der Waals surface area contributed by atoms with E-state index in [9.17, 15) is 4.79 Å². The van der Waals surface area contributed by atoms with E-state index in [4.69, 9.17) is 17.0 Å². The first-order valence-electron chi connectivity index (χ1n) is 7.34. The number of hydrogen-bond donors (Lipinski definition) is 0. The van der Waals surface area contributed by atoms with Crippen molar-refractivity contribution in [1.82, 2.24) is 0 Å². The fourth-order valence-corrected chi connectivity index (χ4v) is 3.33. The summed E-state index contributed by atoms with van der Waals surface area (Å²) in [5, 5.41) is 1.42. The summed E-state index contributed by atoms with van der Waals surface area (Å²) in [5.74, 6) is 0.248. The second-order valence-corrected chi connectivity index (χ2v) is 6.85. The van der Waals surface area contributed by atoms with Gasteiger partial charge in [0.1, 0.15) is 4.88 Å². The number of carbonyl (C=O) groups is 1. The van der Waals surface area contributed by atoms with Gasteiger partial charge in [0.05, 0.1) is 12.8 Å². The van der Waals surface area contributed by atoms with Gasteiger partial charge in [0.2, 0.25) is 0 Å². The molecule has 23 heavy (non-hydrogen) atoms. The molecule has 1 aromatic carbocycles. The second-order valence-electron chi connectivity index (χ2n) is 5.53. The van der Waals surface area contributed by atoms with Gasteiger partial charge in [-0.25, -0.2) is 4.79 Å². The standard InChI is InChI=1S/C18H19NO2S2/c1-12(2)10-13-4-6-14(7-5-13)16-11-15(19-8-9-22)17(23-16)18(20)21-3/h4-9,11-12H,10H2,1-3H3. The number of benzene rings is 1. The van der Waals surface area contributed by atoms with Gasteiger partial charge in [-0.2, -0.15) is 0 Å². The summed E-state index contributed by atoms with van der Waals surface area (Å²) in [4.78, 5) is 17.6. The number of methoxy groups -OCH3 is 1. The number of ether oxygens (including phenoxy) is 1. The normalized spacial score (nSPS) is 11.1. The van der Waals surface area contributed by atoms with Gasteiger partial charge in [-0.15, -0.1) is 11.3 Å². The minimum Gasteiger partial charge on any atom is -0.465 e. The van der Waals surface area contributed by atoms with Crippen LogP contribution in [-0.4, -0.2) is 24.7 Å². The lowest BCUT2D eigenvalue weighted by atomic mass is 10.0. The summed E-state index contributed by atoms with van der Waals surface area (Å²) in [7, 11) is 1.37. The lowest BCUT2D eigenvalue weighted by molar-refractivity contribution is 0.0607. The molecule has 0 unspecified atom stereocenters. The SMILES string of the molecule is COC(=O)c1sc(-c2ccc(CC(C)C)cc2)cc1N=CC=S. The summed E-state index contributed by atoms with van der Waals surface area (Å²) in [6.07, 6.45) is 2.56. The molecule has 0 bridgehead atoms. The number of rotatable bonds is 6. The van der Waals surface area contributed by atoms with E-state index >= 15 is 0 Å². The van der Waals surface area contributed by atoms with Crippen molar-refractivity contribution in [1.29, 1.82) is 0 Å². The monoisotopic (exact) mass is 345 g/mol. The zero-order valence-corrected chi connectivity index (χ0v) is 15.0. The quantitative estimate of drug-likeness (QED) is 0.415. The Bertz CT molecular complexity index is 715. The Morgan fingerprint density at radius 3 is 2.61 bits per heavy atom. The van der Waals surface area contributed by atoms with Gasteiger partial charge < -0.3 is 4.74 Å². The van der Waals surface area contributed by atoms with Crippen LogP contribution in [0.25, 0.3) is 10.4 Å². The van der Waals surface area contributed by atoms with E-state index in [0.717, 1.165) is 16.9 Å². The molecule has 0 radical (unpaired) electrons. The Balaban J connectivity index is 2.35. The predicted octanol–water partition coefficient (Wildman–Crippen LogP) is 5.10. The maximum Gasteiger partial charge on any atom is 0.350 e. The largest absolute Gasteiger partial charge is 0.465 e. The van der Waals surface area contributed by atoms with Gasteiger partial charge in [0.25, 0.3) is 0 Å². The zero-order valence-electron chi connectivity index (χ0n) is 13.4. The number of thiophene rings is 1. The van der Waals surface area contributed by atoms with E-state index in [1.54, 1.807) is 0 Å². The van der Waals surface area contributed by atoms with Gasteiger partial charge in [-0.3, -0.25) is 4.99 Å². The predicted molar refractivity (Wildman–Crippen MR) is 101 cm³/mol. The summed E-state index contributed by atoms with van der Waals surface area (Å²) >= 11 is 6.13. The first-order chi connectivity index (χ1) is 11.0. The number of thiocarbonyl (C=S) groups is 1. The first-order valence-corrected chi connectivity index (χ1v) is 8.63. The third kappa shape index (κ3) is 4.56. The van der Waals surface area contributed by atoms with Gasteiger partial charge in [-0.05, 0) is 29.5 Å². The molecule has 0 amide bonds. The summed E-state index contributed by atoms with van der Waals surface area (Å²) in [6, 6.07) is 10.3. The molecule has 0 aliphatic carbocycles. The van der Waals surface area contributed by atoms with E-state index in [2.05, 4.69) is 43.1 Å². The van der Waals surface area contributed by atoms with Crippen molar-refractivity contribution in [3.05, 3.63) is 40.8 Å². The highest BCUT2D eigenvalue weighted by atomic mass is 32.1. The summed E-state index contributed by atoms with van der Waals surface area (Å²) < 4.78 is 4.83. The smallest absolute Gasteiger partial charge is 0.350 e. The second kappa shape index (κ2) is 8.13. The maximum absolute atomic E-state index is 11.9. The van der Waals surface area contributed by atoms with Crippen LogP contribution in [0.5, 0.6) is 0 Å². The average molecular weight is 345 g/mol. The van der Waals surface area contributed by atoms with Gasteiger partial charge in [0, 0.05) is 16.5 Å². The third-order valence-corrected chi connectivity index (χ3v) is 4.52.